The summed E-state index contributed by atoms with van der Waals surface area (Å²) >= 11 is 0. The van der Waals surface area contributed by atoms with E-state index in [9.17, 15) is 9.59 Å². The maximum absolute atomic E-state index is 11.8. The Labute approximate surface area is 116 Å². The molecule has 0 aliphatic heterocycles. The molecule has 2 heterocycles. The standard InChI is InChI=1S/C14H16N4O2/c1-3-12(19)9-18-10(2)13(17-14(18)20)16-8-11-5-4-6-15-7-11/h4-8H,3,9H2,1-2H3,(H,17,20). The lowest BCUT2D eigenvalue weighted by molar-refractivity contribution is -0.119. The summed E-state index contributed by atoms with van der Waals surface area (Å²) in [5, 5.41) is 0. The molecule has 2 rings (SSSR count). The quantitative estimate of drug-likeness (QED) is 0.840. The van der Waals surface area contributed by atoms with E-state index in [1.165, 1.54) is 4.57 Å². The molecule has 0 aliphatic carbocycles. The number of pyridine rings is 1. The zero-order chi connectivity index (χ0) is 14.5. The number of aromatic nitrogens is 3. The Bertz CT molecular complexity index is 683. The second-order valence-electron chi connectivity index (χ2n) is 4.39. The number of carbonyl (C=O) groups excluding carboxylic acids is 1. The van der Waals surface area contributed by atoms with Gasteiger partial charge in [0.25, 0.3) is 0 Å². The minimum Gasteiger partial charge on any atom is -0.298 e. The summed E-state index contributed by atoms with van der Waals surface area (Å²) in [5.74, 6) is 0.472. The third-order valence-electron chi connectivity index (χ3n) is 2.97. The topological polar surface area (TPSA) is 80.1 Å². The molecule has 0 amide bonds. The molecule has 1 N–H and O–H groups in total. The van der Waals surface area contributed by atoms with Gasteiger partial charge in [0.05, 0.1) is 12.2 Å². The first kappa shape index (κ1) is 13.9. The summed E-state index contributed by atoms with van der Waals surface area (Å²) in [6.07, 6.45) is 5.38. The molecule has 104 valence electrons. The van der Waals surface area contributed by atoms with Crippen LogP contribution in [-0.4, -0.2) is 26.5 Å². The van der Waals surface area contributed by atoms with Crippen LogP contribution in [0, 0.1) is 6.92 Å². The molecule has 0 bridgehead atoms. The Morgan fingerprint density at radius 1 is 1.55 bits per heavy atom. The molecule has 6 nitrogen and oxygen atoms in total. The van der Waals surface area contributed by atoms with Gasteiger partial charge in [0.1, 0.15) is 0 Å². The van der Waals surface area contributed by atoms with Crippen LogP contribution in [0.15, 0.2) is 34.3 Å². The number of rotatable bonds is 5. The lowest BCUT2D eigenvalue weighted by Crippen LogP contribution is -2.22. The van der Waals surface area contributed by atoms with E-state index >= 15 is 0 Å². The van der Waals surface area contributed by atoms with Crippen LogP contribution in [0.5, 0.6) is 0 Å². The number of nitrogens with zero attached hydrogens (tertiary/aromatic N) is 3. The predicted octanol–water partition coefficient (Wildman–Crippen LogP) is 1.61. The van der Waals surface area contributed by atoms with Crippen LogP contribution in [0.4, 0.5) is 5.82 Å². The molecule has 0 radical (unpaired) electrons. The molecular weight excluding hydrogens is 256 g/mol. The molecule has 6 heteroatoms. The average Bonchev–Trinajstić information content (AvgIpc) is 2.73. The van der Waals surface area contributed by atoms with Crippen molar-refractivity contribution in [3.05, 3.63) is 46.3 Å². The van der Waals surface area contributed by atoms with Crippen LogP contribution in [0.2, 0.25) is 0 Å². The van der Waals surface area contributed by atoms with Crippen molar-refractivity contribution in [1.29, 1.82) is 0 Å². The SMILES string of the molecule is CCC(=O)Cn1c(C)c(N=Cc2cccnc2)[nH]c1=O. The number of Topliss-reactive ketones (excluding diaryl/α,β-unsaturated/α-hetero) is 1. The maximum atomic E-state index is 11.8. The van der Waals surface area contributed by atoms with Gasteiger partial charge in [0.2, 0.25) is 0 Å². The van der Waals surface area contributed by atoms with Crippen LogP contribution in [0.3, 0.4) is 0 Å². The highest BCUT2D eigenvalue weighted by molar-refractivity contribution is 5.81. The van der Waals surface area contributed by atoms with Crippen molar-refractivity contribution in [2.75, 3.05) is 0 Å². The van der Waals surface area contributed by atoms with Crippen molar-refractivity contribution in [3.63, 3.8) is 0 Å². The molecule has 0 unspecified atom stereocenters. The Morgan fingerprint density at radius 2 is 2.35 bits per heavy atom. The first-order chi connectivity index (χ1) is 9.61. The summed E-state index contributed by atoms with van der Waals surface area (Å²) in [5.41, 5.74) is 1.17. The van der Waals surface area contributed by atoms with Crippen molar-refractivity contribution in [2.45, 2.75) is 26.8 Å². The molecule has 20 heavy (non-hydrogen) atoms. The highest BCUT2D eigenvalue weighted by atomic mass is 16.2. The molecule has 0 saturated carbocycles. The van der Waals surface area contributed by atoms with Gasteiger partial charge in [0.15, 0.2) is 11.6 Å². The zero-order valence-electron chi connectivity index (χ0n) is 11.5. The number of hydrogen-bond donors (Lipinski definition) is 1. The van der Waals surface area contributed by atoms with E-state index in [4.69, 9.17) is 0 Å². The molecule has 0 atom stereocenters. The van der Waals surface area contributed by atoms with Crippen LogP contribution < -0.4 is 5.69 Å². The molecule has 0 aliphatic rings. The van der Waals surface area contributed by atoms with Gasteiger partial charge in [-0.1, -0.05) is 13.0 Å². The Hall–Kier alpha value is -2.50. The number of carbonyl (C=O) groups is 1. The predicted molar refractivity (Wildman–Crippen MR) is 76.6 cm³/mol. The summed E-state index contributed by atoms with van der Waals surface area (Å²) < 4.78 is 1.40. The van der Waals surface area contributed by atoms with E-state index in [0.29, 0.717) is 17.9 Å². The lowest BCUT2D eigenvalue weighted by atomic mass is 10.3. The van der Waals surface area contributed by atoms with Gasteiger partial charge in [-0.05, 0) is 13.0 Å². The van der Waals surface area contributed by atoms with E-state index < -0.39 is 0 Å². The Morgan fingerprint density at radius 3 is 3.00 bits per heavy atom. The van der Waals surface area contributed by atoms with Gasteiger partial charge >= 0.3 is 5.69 Å². The van der Waals surface area contributed by atoms with Crippen molar-refractivity contribution >= 4 is 17.8 Å². The minimum atomic E-state index is -0.317. The van der Waals surface area contributed by atoms with Crippen LogP contribution in [-0.2, 0) is 11.3 Å². The summed E-state index contributed by atoms with van der Waals surface area (Å²) in [4.78, 5) is 34.1. The smallest absolute Gasteiger partial charge is 0.298 e. The average molecular weight is 272 g/mol. The van der Waals surface area contributed by atoms with Crippen LogP contribution in [0.1, 0.15) is 24.6 Å². The van der Waals surface area contributed by atoms with E-state index in [-0.39, 0.29) is 18.0 Å². The fourth-order valence-corrected chi connectivity index (χ4v) is 1.74. The van der Waals surface area contributed by atoms with Crippen molar-refractivity contribution in [3.8, 4) is 0 Å². The van der Waals surface area contributed by atoms with Gasteiger partial charge < -0.3 is 0 Å². The van der Waals surface area contributed by atoms with Gasteiger partial charge in [-0.3, -0.25) is 19.3 Å². The summed E-state index contributed by atoms with van der Waals surface area (Å²) in [6.45, 7) is 3.62. The van der Waals surface area contributed by atoms with Gasteiger partial charge in [-0.25, -0.2) is 9.79 Å². The molecule has 2 aromatic rings. The van der Waals surface area contributed by atoms with Gasteiger partial charge in [-0.2, -0.15) is 0 Å². The number of hydrogen-bond acceptors (Lipinski definition) is 4. The molecule has 0 fully saturated rings. The second-order valence-corrected chi connectivity index (χ2v) is 4.39. The third kappa shape index (κ3) is 3.09. The molecule has 0 spiro atoms. The number of ketones is 1. The van der Waals surface area contributed by atoms with Crippen LogP contribution in [0.25, 0.3) is 0 Å². The Kier molecular flexibility index (Phi) is 4.24. The van der Waals surface area contributed by atoms with Crippen molar-refractivity contribution in [2.24, 2.45) is 4.99 Å². The van der Waals surface area contributed by atoms with Crippen LogP contribution >= 0.6 is 0 Å². The number of imidazole rings is 1. The maximum Gasteiger partial charge on any atom is 0.327 e. The Balaban J connectivity index is 2.26. The highest BCUT2D eigenvalue weighted by Crippen LogP contribution is 2.13. The molecule has 0 aromatic carbocycles. The normalized spacial score (nSPS) is 11.1. The van der Waals surface area contributed by atoms with Gasteiger partial charge in [0, 0.05) is 30.6 Å². The first-order valence-corrected chi connectivity index (χ1v) is 6.37. The molecular formula is C14H16N4O2. The minimum absolute atomic E-state index is 0.0111. The van der Waals surface area contributed by atoms with Crippen molar-refractivity contribution < 1.29 is 4.79 Å². The lowest BCUT2D eigenvalue weighted by Gasteiger charge is -2.01. The monoisotopic (exact) mass is 272 g/mol. The number of aromatic amines is 1. The number of nitrogens with one attached hydrogen (secondary N) is 1. The third-order valence-corrected chi connectivity index (χ3v) is 2.97. The molecule has 0 saturated heterocycles. The largest absolute Gasteiger partial charge is 0.327 e. The summed E-state index contributed by atoms with van der Waals surface area (Å²) in [6, 6.07) is 3.67. The fourth-order valence-electron chi connectivity index (χ4n) is 1.74. The van der Waals surface area contributed by atoms with E-state index in [2.05, 4.69) is 15.0 Å². The van der Waals surface area contributed by atoms with E-state index in [1.54, 1.807) is 32.5 Å². The number of H-pyrrole nitrogens is 1. The zero-order valence-corrected chi connectivity index (χ0v) is 11.5. The fraction of sp³-hybridized carbons (Fsp3) is 0.286. The van der Waals surface area contributed by atoms with E-state index in [1.807, 2.05) is 12.1 Å². The van der Waals surface area contributed by atoms with Gasteiger partial charge in [-0.15, -0.1) is 0 Å². The number of aliphatic imine (C=N–C) groups is 1. The molecule has 2 aromatic heterocycles. The summed E-state index contributed by atoms with van der Waals surface area (Å²) in [7, 11) is 0. The van der Waals surface area contributed by atoms with E-state index in [0.717, 1.165) is 5.56 Å². The highest BCUT2D eigenvalue weighted by Gasteiger charge is 2.11. The first-order valence-electron chi connectivity index (χ1n) is 6.37. The van der Waals surface area contributed by atoms with Crippen molar-refractivity contribution in [1.82, 2.24) is 14.5 Å². The second kappa shape index (κ2) is 6.10.